The lowest BCUT2D eigenvalue weighted by atomic mass is 9.96. The lowest BCUT2D eigenvalue weighted by Gasteiger charge is -2.14. The van der Waals surface area contributed by atoms with Crippen molar-refractivity contribution in [2.24, 2.45) is 0 Å². The molecule has 136 valence electrons. The van der Waals surface area contributed by atoms with Crippen LogP contribution >= 0.6 is 11.8 Å². The summed E-state index contributed by atoms with van der Waals surface area (Å²) in [5.74, 6) is 1.83. The van der Waals surface area contributed by atoms with Gasteiger partial charge in [-0.25, -0.2) is 4.98 Å². The number of anilines is 1. The van der Waals surface area contributed by atoms with Crippen LogP contribution in [0.15, 0.2) is 23.4 Å². The summed E-state index contributed by atoms with van der Waals surface area (Å²) in [5, 5.41) is 10.1. The van der Waals surface area contributed by atoms with E-state index >= 15 is 0 Å². The number of nitrogens with one attached hydrogen (secondary N) is 2. The van der Waals surface area contributed by atoms with Crippen LogP contribution in [-0.2, 0) is 10.2 Å². The zero-order valence-electron chi connectivity index (χ0n) is 15.3. The maximum Gasteiger partial charge on any atom is 0.237 e. The van der Waals surface area contributed by atoms with E-state index in [-0.39, 0.29) is 16.6 Å². The number of carbonyl (C=O) groups excluding carboxylic acids is 1. The number of H-pyrrole nitrogens is 1. The molecule has 1 aromatic carbocycles. The van der Waals surface area contributed by atoms with E-state index in [9.17, 15) is 4.79 Å². The minimum absolute atomic E-state index is 0.120. The lowest BCUT2D eigenvalue weighted by molar-refractivity contribution is -0.115. The van der Waals surface area contributed by atoms with Gasteiger partial charge < -0.3 is 14.8 Å². The Morgan fingerprint density at radius 3 is 2.56 bits per heavy atom. The smallest absolute Gasteiger partial charge is 0.237 e. The monoisotopic (exact) mass is 364 g/mol. The van der Waals surface area contributed by atoms with Crippen LogP contribution in [0.2, 0.25) is 0 Å². The van der Waals surface area contributed by atoms with Crippen LogP contribution in [0.1, 0.15) is 33.5 Å². The first-order valence-electron chi connectivity index (χ1n) is 7.87. The highest BCUT2D eigenvalue weighted by Crippen LogP contribution is 2.30. The molecule has 7 nitrogen and oxygen atoms in total. The van der Waals surface area contributed by atoms with Crippen LogP contribution in [0.5, 0.6) is 11.5 Å². The topological polar surface area (TPSA) is 89.1 Å². The second-order valence-electron chi connectivity index (χ2n) is 6.53. The molecule has 1 heterocycles. The number of hydrogen-bond donors (Lipinski definition) is 2. The van der Waals surface area contributed by atoms with Crippen molar-refractivity contribution in [2.75, 3.05) is 19.5 Å². The fourth-order valence-corrected chi connectivity index (χ4v) is 2.72. The van der Waals surface area contributed by atoms with Gasteiger partial charge in [0, 0.05) is 11.5 Å². The van der Waals surface area contributed by atoms with Crippen LogP contribution < -0.4 is 14.8 Å². The van der Waals surface area contributed by atoms with Crippen molar-refractivity contribution in [3.8, 4) is 11.5 Å². The number of aromatic amines is 1. The van der Waals surface area contributed by atoms with Crippen LogP contribution in [0.3, 0.4) is 0 Å². The first-order chi connectivity index (χ1) is 11.7. The van der Waals surface area contributed by atoms with Crippen LogP contribution in [-0.4, -0.2) is 40.6 Å². The van der Waals surface area contributed by atoms with Gasteiger partial charge in [-0.3, -0.25) is 9.89 Å². The number of thioether (sulfide) groups is 1. The molecule has 0 aliphatic carbocycles. The number of hydrogen-bond acceptors (Lipinski definition) is 6. The molecular formula is C17H24N4O3S. The largest absolute Gasteiger partial charge is 0.497 e. The molecule has 0 spiro atoms. The number of ether oxygens (including phenoxy) is 2. The van der Waals surface area contributed by atoms with E-state index in [2.05, 4.69) is 20.5 Å². The summed E-state index contributed by atoms with van der Waals surface area (Å²) in [6.07, 6.45) is 0. The van der Waals surface area contributed by atoms with E-state index in [0.717, 1.165) is 5.82 Å². The molecule has 0 bridgehead atoms. The van der Waals surface area contributed by atoms with E-state index in [0.29, 0.717) is 22.3 Å². The van der Waals surface area contributed by atoms with Crippen LogP contribution in [0.4, 0.5) is 5.69 Å². The number of nitrogens with zero attached hydrogens (tertiary/aromatic N) is 2. The molecule has 1 atom stereocenters. The fraction of sp³-hybridized carbons (Fsp3) is 0.471. The third-order valence-electron chi connectivity index (χ3n) is 3.49. The Kier molecular flexibility index (Phi) is 5.94. The second-order valence-corrected chi connectivity index (χ2v) is 7.84. The first kappa shape index (κ1) is 19.1. The average molecular weight is 364 g/mol. The van der Waals surface area contributed by atoms with Crippen LogP contribution in [0.25, 0.3) is 0 Å². The molecule has 1 amide bonds. The number of rotatable bonds is 6. The molecular weight excluding hydrogens is 340 g/mol. The first-order valence-corrected chi connectivity index (χ1v) is 8.75. The number of amides is 1. The Morgan fingerprint density at radius 1 is 1.28 bits per heavy atom. The van der Waals surface area contributed by atoms with Crippen molar-refractivity contribution in [3.05, 3.63) is 24.0 Å². The molecule has 0 aliphatic heterocycles. The number of carbonyl (C=O) groups is 1. The molecule has 2 rings (SSSR count). The summed E-state index contributed by atoms with van der Waals surface area (Å²) >= 11 is 1.29. The predicted octanol–water partition coefficient (Wildman–Crippen LogP) is 3.24. The van der Waals surface area contributed by atoms with Gasteiger partial charge in [-0.2, -0.15) is 0 Å². The summed E-state index contributed by atoms with van der Waals surface area (Å²) in [6, 6.07) is 5.24. The zero-order valence-corrected chi connectivity index (χ0v) is 16.2. The van der Waals surface area contributed by atoms with E-state index in [4.69, 9.17) is 9.47 Å². The van der Waals surface area contributed by atoms with E-state index in [1.54, 1.807) is 39.3 Å². The zero-order chi connectivity index (χ0) is 18.6. The minimum atomic E-state index is -0.375. The molecule has 0 saturated carbocycles. The molecule has 0 fully saturated rings. The molecule has 2 aromatic rings. The van der Waals surface area contributed by atoms with E-state index < -0.39 is 0 Å². The fourth-order valence-electron chi connectivity index (χ4n) is 1.99. The maximum absolute atomic E-state index is 12.5. The standard InChI is InChI=1S/C17H24N4O3S/c1-10(25-16-19-15(20-21-16)17(2,3)4)14(22)18-12-9-11(23-5)7-8-13(12)24-6/h7-10H,1-6H3,(H,18,22)(H,19,20,21). The van der Waals surface area contributed by atoms with Gasteiger partial charge in [0.2, 0.25) is 11.1 Å². The van der Waals surface area contributed by atoms with Crippen molar-refractivity contribution in [2.45, 2.75) is 43.5 Å². The van der Waals surface area contributed by atoms with Gasteiger partial charge >= 0.3 is 0 Å². The van der Waals surface area contributed by atoms with Gasteiger partial charge in [0.1, 0.15) is 17.3 Å². The SMILES string of the molecule is COc1ccc(OC)c(NC(=O)C(C)Sc2n[nH]c(C(C)(C)C)n2)c1. The van der Waals surface area contributed by atoms with Crippen molar-refractivity contribution >= 4 is 23.4 Å². The molecule has 8 heteroatoms. The van der Waals surface area contributed by atoms with Crippen molar-refractivity contribution in [3.63, 3.8) is 0 Å². The number of aromatic nitrogens is 3. The summed E-state index contributed by atoms with van der Waals surface area (Å²) in [7, 11) is 3.12. The molecule has 0 radical (unpaired) electrons. The highest BCUT2D eigenvalue weighted by Gasteiger charge is 2.22. The minimum Gasteiger partial charge on any atom is -0.497 e. The van der Waals surface area contributed by atoms with Gasteiger partial charge in [-0.15, -0.1) is 5.10 Å². The van der Waals surface area contributed by atoms with Crippen molar-refractivity contribution in [1.29, 1.82) is 0 Å². The van der Waals surface area contributed by atoms with Crippen LogP contribution in [0, 0.1) is 0 Å². The second kappa shape index (κ2) is 7.77. The Balaban J connectivity index is 2.07. The third kappa shape index (κ3) is 4.88. The summed E-state index contributed by atoms with van der Waals surface area (Å²) in [4.78, 5) is 16.9. The summed E-state index contributed by atoms with van der Waals surface area (Å²) in [5.41, 5.74) is 0.440. The molecule has 1 unspecified atom stereocenters. The van der Waals surface area contributed by atoms with Crippen molar-refractivity contribution < 1.29 is 14.3 Å². The molecule has 1 aromatic heterocycles. The predicted molar refractivity (Wildman–Crippen MR) is 98.6 cm³/mol. The highest BCUT2D eigenvalue weighted by molar-refractivity contribution is 8.00. The quantitative estimate of drug-likeness (QED) is 0.765. The number of methoxy groups -OCH3 is 2. The molecule has 2 N–H and O–H groups in total. The van der Waals surface area contributed by atoms with Gasteiger partial charge in [0.05, 0.1) is 25.2 Å². The average Bonchev–Trinajstić information content (AvgIpc) is 3.03. The Morgan fingerprint density at radius 2 is 2.00 bits per heavy atom. The van der Waals surface area contributed by atoms with Gasteiger partial charge in [0.25, 0.3) is 0 Å². The van der Waals surface area contributed by atoms with E-state index in [1.807, 2.05) is 20.8 Å². The Hall–Kier alpha value is -2.22. The lowest BCUT2D eigenvalue weighted by Crippen LogP contribution is -2.23. The third-order valence-corrected chi connectivity index (χ3v) is 4.45. The van der Waals surface area contributed by atoms with Gasteiger partial charge in [0.15, 0.2) is 0 Å². The summed E-state index contributed by atoms with van der Waals surface area (Å²) < 4.78 is 10.5. The van der Waals surface area contributed by atoms with Crippen molar-refractivity contribution in [1.82, 2.24) is 15.2 Å². The van der Waals surface area contributed by atoms with Gasteiger partial charge in [-0.05, 0) is 19.1 Å². The van der Waals surface area contributed by atoms with Gasteiger partial charge in [-0.1, -0.05) is 32.5 Å². The van der Waals surface area contributed by atoms with E-state index in [1.165, 1.54) is 11.8 Å². The normalized spacial score (nSPS) is 12.6. The molecule has 0 saturated heterocycles. The highest BCUT2D eigenvalue weighted by atomic mass is 32.2. The molecule has 25 heavy (non-hydrogen) atoms. The maximum atomic E-state index is 12.5. The Labute approximate surface area is 151 Å². The Bertz CT molecular complexity index is 740. The number of benzene rings is 1. The molecule has 0 aliphatic rings. The summed E-state index contributed by atoms with van der Waals surface area (Å²) in [6.45, 7) is 7.95.